The minimum Gasteiger partial charge on any atom is -0.480 e. The molecule has 0 radical (unpaired) electrons. The summed E-state index contributed by atoms with van der Waals surface area (Å²) in [6.07, 6.45) is 2.96. The zero-order valence-electron chi connectivity index (χ0n) is 8.58. The van der Waals surface area contributed by atoms with E-state index in [4.69, 9.17) is 5.11 Å². The lowest BCUT2D eigenvalue weighted by atomic mass is 10.3. The first kappa shape index (κ1) is 12.4. The van der Waals surface area contributed by atoms with Crippen LogP contribution in [0.15, 0.2) is 23.6 Å². The Balaban J connectivity index is 2.50. The fourth-order valence-electron chi connectivity index (χ4n) is 0.953. The molecule has 86 valence electrons. The number of hydrogen-bond donors (Lipinski definition) is 2. The van der Waals surface area contributed by atoms with Gasteiger partial charge < -0.3 is 10.4 Å². The standard InChI is InChI=1S/C9H11N3O3S/c1-6(13)12-7(9(14)15)4-16-8-2-3-10-5-11-8/h2-3,5,7H,4H2,1H3,(H,12,13)(H,14,15)/t7-/m0/s1. The summed E-state index contributed by atoms with van der Waals surface area (Å²) in [5.41, 5.74) is 0. The molecule has 1 amide bonds. The van der Waals surface area contributed by atoms with Gasteiger partial charge in [-0.2, -0.15) is 0 Å². The van der Waals surface area contributed by atoms with Gasteiger partial charge in [-0.3, -0.25) is 4.79 Å². The van der Waals surface area contributed by atoms with Gasteiger partial charge in [-0.25, -0.2) is 14.8 Å². The number of carboxylic acid groups (broad SMARTS) is 1. The zero-order chi connectivity index (χ0) is 12.0. The van der Waals surface area contributed by atoms with Crippen molar-refractivity contribution in [3.05, 3.63) is 18.6 Å². The van der Waals surface area contributed by atoms with Crippen LogP contribution >= 0.6 is 11.8 Å². The molecule has 1 aromatic rings. The van der Waals surface area contributed by atoms with Gasteiger partial charge in [0.15, 0.2) is 0 Å². The van der Waals surface area contributed by atoms with Gasteiger partial charge in [-0.1, -0.05) is 0 Å². The molecule has 0 aliphatic rings. The first-order valence-corrected chi connectivity index (χ1v) is 5.47. The van der Waals surface area contributed by atoms with E-state index in [0.717, 1.165) is 0 Å². The number of aromatic nitrogens is 2. The molecule has 0 fully saturated rings. The highest BCUT2D eigenvalue weighted by atomic mass is 32.2. The van der Waals surface area contributed by atoms with Crippen molar-refractivity contribution in [2.45, 2.75) is 18.0 Å². The van der Waals surface area contributed by atoms with E-state index in [1.807, 2.05) is 0 Å². The van der Waals surface area contributed by atoms with Gasteiger partial charge in [-0.05, 0) is 6.07 Å². The number of thioether (sulfide) groups is 1. The molecule has 7 heteroatoms. The maximum absolute atomic E-state index is 10.8. The van der Waals surface area contributed by atoms with Gasteiger partial charge in [0.05, 0.1) is 5.03 Å². The molecule has 1 heterocycles. The SMILES string of the molecule is CC(=O)N[C@@H](CSc1ccncn1)C(=O)O. The molecule has 0 saturated heterocycles. The Labute approximate surface area is 96.5 Å². The van der Waals surface area contributed by atoms with E-state index in [1.165, 1.54) is 25.0 Å². The number of hydrogen-bond acceptors (Lipinski definition) is 5. The largest absolute Gasteiger partial charge is 0.480 e. The van der Waals surface area contributed by atoms with E-state index in [0.29, 0.717) is 5.03 Å². The monoisotopic (exact) mass is 241 g/mol. The van der Waals surface area contributed by atoms with Crippen LogP contribution in [0.4, 0.5) is 0 Å². The Morgan fingerprint density at radius 1 is 1.62 bits per heavy atom. The number of aliphatic carboxylic acids is 1. The highest BCUT2D eigenvalue weighted by Crippen LogP contribution is 2.14. The van der Waals surface area contributed by atoms with Gasteiger partial charge in [0.25, 0.3) is 0 Å². The lowest BCUT2D eigenvalue weighted by Gasteiger charge is -2.11. The van der Waals surface area contributed by atoms with E-state index in [-0.39, 0.29) is 11.7 Å². The molecule has 0 saturated carbocycles. The number of nitrogens with zero attached hydrogens (tertiary/aromatic N) is 2. The van der Waals surface area contributed by atoms with Crippen LogP contribution in [0, 0.1) is 0 Å². The second kappa shape index (κ2) is 6.06. The van der Waals surface area contributed by atoms with Crippen LogP contribution in [-0.4, -0.2) is 38.7 Å². The molecular formula is C9H11N3O3S. The number of rotatable bonds is 5. The quantitative estimate of drug-likeness (QED) is 0.563. The van der Waals surface area contributed by atoms with Gasteiger partial charge in [-0.15, -0.1) is 11.8 Å². The van der Waals surface area contributed by atoms with Crippen molar-refractivity contribution in [2.75, 3.05) is 5.75 Å². The number of amides is 1. The molecule has 1 rings (SSSR count). The van der Waals surface area contributed by atoms with Gasteiger partial charge in [0.1, 0.15) is 12.4 Å². The highest BCUT2D eigenvalue weighted by molar-refractivity contribution is 7.99. The second-order valence-electron chi connectivity index (χ2n) is 2.95. The minimum absolute atomic E-state index is 0.228. The topological polar surface area (TPSA) is 92.2 Å². The maximum Gasteiger partial charge on any atom is 0.327 e. The van der Waals surface area contributed by atoms with Gasteiger partial charge in [0, 0.05) is 18.9 Å². The van der Waals surface area contributed by atoms with Crippen LogP contribution in [0.1, 0.15) is 6.92 Å². The molecule has 16 heavy (non-hydrogen) atoms. The smallest absolute Gasteiger partial charge is 0.327 e. The molecule has 0 unspecified atom stereocenters. The average molecular weight is 241 g/mol. The summed E-state index contributed by atoms with van der Waals surface area (Å²) in [6, 6.07) is 0.773. The molecule has 0 bridgehead atoms. The van der Waals surface area contributed by atoms with Crippen molar-refractivity contribution in [3.8, 4) is 0 Å². The Morgan fingerprint density at radius 2 is 2.38 bits per heavy atom. The third-order valence-corrected chi connectivity index (χ3v) is 2.67. The van der Waals surface area contributed by atoms with Crippen LogP contribution in [0.5, 0.6) is 0 Å². The van der Waals surface area contributed by atoms with Crippen LogP contribution < -0.4 is 5.32 Å². The fourth-order valence-corrected chi connectivity index (χ4v) is 1.79. The summed E-state index contributed by atoms with van der Waals surface area (Å²) in [4.78, 5) is 29.2. The summed E-state index contributed by atoms with van der Waals surface area (Å²) < 4.78 is 0. The van der Waals surface area contributed by atoms with Crippen LogP contribution in [-0.2, 0) is 9.59 Å². The number of carbonyl (C=O) groups is 2. The highest BCUT2D eigenvalue weighted by Gasteiger charge is 2.18. The molecule has 2 N–H and O–H groups in total. The van der Waals surface area contributed by atoms with Crippen LogP contribution in [0.2, 0.25) is 0 Å². The second-order valence-corrected chi connectivity index (χ2v) is 3.99. The van der Waals surface area contributed by atoms with Crippen molar-refractivity contribution in [1.29, 1.82) is 0 Å². The lowest BCUT2D eigenvalue weighted by molar-refractivity contribution is -0.140. The van der Waals surface area contributed by atoms with Crippen LogP contribution in [0.25, 0.3) is 0 Å². The summed E-state index contributed by atoms with van der Waals surface area (Å²) in [5, 5.41) is 11.9. The normalized spacial score (nSPS) is 11.8. The molecule has 0 aromatic carbocycles. The molecule has 0 aliphatic heterocycles. The molecular weight excluding hydrogens is 230 g/mol. The number of carboxylic acids is 1. The summed E-state index contributed by atoms with van der Waals surface area (Å²) in [6.45, 7) is 1.28. The van der Waals surface area contributed by atoms with Crippen molar-refractivity contribution in [1.82, 2.24) is 15.3 Å². The minimum atomic E-state index is -1.06. The Bertz CT molecular complexity index is 372. The van der Waals surface area contributed by atoms with Crippen molar-refractivity contribution < 1.29 is 14.7 Å². The van der Waals surface area contributed by atoms with E-state index in [2.05, 4.69) is 15.3 Å². The predicted octanol–water partition coefficient (Wildman–Crippen LogP) is 0.158. The molecule has 0 spiro atoms. The Hall–Kier alpha value is -1.63. The van der Waals surface area contributed by atoms with E-state index >= 15 is 0 Å². The predicted molar refractivity (Wildman–Crippen MR) is 58.0 cm³/mol. The molecule has 1 aromatic heterocycles. The summed E-state index contributed by atoms with van der Waals surface area (Å²) >= 11 is 1.25. The third-order valence-electron chi connectivity index (χ3n) is 1.63. The Kier molecular flexibility index (Phi) is 4.71. The first-order chi connectivity index (χ1) is 7.59. The van der Waals surface area contributed by atoms with Crippen LogP contribution in [0.3, 0.4) is 0 Å². The third kappa shape index (κ3) is 4.26. The molecule has 0 aliphatic carbocycles. The van der Waals surface area contributed by atoms with Crippen molar-refractivity contribution in [3.63, 3.8) is 0 Å². The van der Waals surface area contributed by atoms with Crippen molar-refractivity contribution in [2.24, 2.45) is 0 Å². The van der Waals surface area contributed by atoms with E-state index < -0.39 is 12.0 Å². The van der Waals surface area contributed by atoms with Gasteiger partial charge >= 0.3 is 5.97 Å². The van der Waals surface area contributed by atoms with E-state index in [9.17, 15) is 9.59 Å². The molecule has 1 atom stereocenters. The summed E-state index contributed by atoms with van der Waals surface area (Å²) in [7, 11) is 0. The zero-order valence-corrected chi connectivity index (χ0v) is 9.40. The number of nitrogens with one attached hydrogen (secondary N) is 1. The van der Waals surface area contributed by atoms with Gasteiger partial charge in [0.2, 0.25) is 5.91 Å². The van der Waals surface area contributed by atoms with E-state index in [1.54, 1.807) is 12.3 Å². The average Bonchev–Trinajstić information content (AvgIpc) is 2.25. The fraction of sp³-hybridized carbons (Fsp3) is 0.333. The Morgan fingerprint density at radius 3 is 2.88 bits per heavy atom. The first-order valence-electron chi connectivity index (χ1n) is 4.48. The lowest BCUT2D eigenvalue weighted by Crippen LogP contribution is -2.41. The number of carbonyl (C=O) groups excluding carboxylic acids is 1. The molecule has 6 nitrogen and oxygen atoms in total. The van der Waals surface area contributed by atoms with Crippen molar-refractivity contribution >= 4 is 23.6 Å². The summed E-state index contributed by atoms with van der Waals surface area (Å²) in [5.74, 6) is -1.20. The maximum atomic E-state index is 10.8.